The molecule has 4 aromatic rings. The quantitative estimate of drug-likeness (QED) is 0.250. The van der Waals surface area contributed by atoms with Gasteiger partial charge in [0.15, 0.2) is 0 Å². The molecule has 0 radical (unpaired) electrons. The number of aliphatic hydroxyl groups excluding tert-OH is 1. The number of halogens is 2. The molecule has 0 unspecified atom stereocenters. The zero-order valence-corrected chi connectivity index (χ0v) is 20.8. The molecule has 1 aliphatic carbocycles. The van der Waals surface area contributed by atoms with Crippen molar-refractivity contribution in [2.75, 3.05) is 13.2 Å². The van der Waals surface area contributed by atoms with Gasteiger partial charge in [0.1, 0.15) is 12.4 Å². The maximum Gasteiger partial charge on any atom is 0.119 e. The average molecular weight is 550 g/mol. The van der Waals surface area contributed by atoms with E-state index in [9.17, 15) is 0 Å². The van der Waals surface area contributed by atoms with E-state index in [2.05, 4.69) is 112 Å². The van der Waals surface area contributed by atoms with Gasteiger partial charge < -0.3 is 9.84 Å². The Morgan fingerprint density at radius 1 is 0.719 bits per heavy atom. The van der Waals surface area contributed by atoms with E-state index in [1.54, 1.807) is 0 Å². The summed E-state index contributed by atoms with van der Waals surface area (Å²) in [6, 6.07) is 30.3. The zero-order chi connectivity index (χ0) is 22.3. The predicted molar refractivity (Wildman–Crippen MR) is 136 cm³/mol. The number of ether oxygens (including phenoxy) is 1. The third kappa shape index (κ3) is 3.42. The van der Waals surface area contributed by atoms with Gasteiger partial charge in [-0.05, 0) is 76.7 Å². The van der Waals surface area contributed by atoms with Crippen molar-refractivity contribution in [2.24, 2.45) is 0 Å². The van der Waals surface area contributed by atoms with E-state index in [0.717, 1.165) is 14.7 Å². The van der Waals surface area contributed by atoms with E-state index in [-0.39, 0.29) is 13.2 Å². The Kier molecular flexibility index (Phi) is 5.70. The highest BCUT2D eigenvalue weighted by molar-refractivity contribution is 9.10. The molecule has 0 atom stereocenters. The molecule has 1 aliphatic rings. The molecular weight excluding hydrogens is 528 g/mol. The summed E-state index contributed by atoms with van der Waals surface area (Å²) in [5.74, 6) is 0.754. The van der Waals surface area contributed by atoms with Crippen molar-refractivity contribution in [1.29, 1.82) is 0 Å². The second-order valence-electron chi connectivity index (χ2n) is 8.09. The Morgan fingerprint density at radius 3 is 1.72 bits per heavy atom. The standard InChI is InChI=1S/C28H22Br2O2/c1-18-2-4-19(5-3-18)28(20-6-10-23(11-7-20)32-15-14-31)26-16-21(29)8-12-24(26)25-13-9-22(30)17-27(25)28/h2-13,16-17,31H,14-15H2,1H3. The van der Waals surface area contributed by atoms with Crippen LogP contribution in [0.25, 0.3) is 11.1 Å². The van der Waals surface area contributed by atoms with Crippen LogP contribution in [0.2, 0.25) is 0 Å². The lowest BCUT2D eigenvalue weighted by molar-refractivity contribution is 0.201. The monoisotopic (exact) mass is 548 g/mol. The first-order chi connectivity index (χ1) is 15.5. The van der Waals surface area contributed by atoms with E-state index in [1.807, 2.05) is 12.1 Å². The van der Waals surface area contributed by atoms with Crippen molar-refractivity contribution in [3.8, 4) is 16.9 Å². The molecule has 0 aromatic heterocycles. The van der Waals surface area contributed by atoms with E-state index in [1.165, 1.54) is 38.9 Å². The highest BCUT2D eigenvalue weighted by atomic mass is 79.9. The topological polar surface area (TPSA) is 29.5 Å². The van der Waals surface area contributed by atoms with Crippen molar-refractivity contribution in [1.82, 2.24) is 0 Å². The first kappa shape index (κ1) is 21.4. The largest absolute Gasteiger partial charge is 0.491 e. The molecule has 0 heterocycles. The fraction of sp³-hybridized carbons (Fsp3) is 0.143. The van der Waals surface area contributed by atoms with Gasteiger partial charge in [-0.2, -0.15) is 0 Å². The van der Waals surface area contributed by atoms with E-state index >= 15 is 0 Å². The molecule has 160 valence electrons. The highest BCUT2D eigenvalue weighted by Gasteiger charge is 2.46. The Bertz CT molecular complexity index is 1230. The minimum atomic E-state index is -0.457. The van der Waals surface area contributed by atoms with Gasteiger partial charge in [0.2, 0.25) is 0 Å². The molecule has 4 aromatic carbocycles. The molecule has 4 heteroatoms. The molecule has 32 heavy (non-hydrogen) atoms. The molecule has 0 amide bonds. The minimum Gasteiger partial charge on any atom is -0.491 e. The molecule has 0 spiro atoms. The number of aryl methyl sites for hydroxylation is 1. The summed E-state index contributed by atoms with van der Waals surface area (Å²) < 4.78 is 7.76. The lowest BCUT2D eigenvalue weighted by atomic mass is 9.67. The second-order valence-corrected chi connectivity index (χ2v) is 9.92. The number of hydrogen-bond acceptors (Lipinski definition) is 2. The summed E-state index contributed by atoms with van der Waals surface area (Å²) in [4.78, 5) is 0. The van der Waals surface area contributed by atoms with Gasteiger partial charge in [-0.15, -0.1) is 0 Å². The van der Waals surface area contributed by atoms with Crippen LogP contribution in [-0.2, 0) is 5.41 Å². The fourth-order valence-electron chi connectivity index (χ4n) is 4.83. The average Bonchev–Trinajstić information content (AvgIpc) is 3.08. The van der Waals surface area contributed by atoms with Crippen LogP contribution in [0.5, 0.6) is 5.75 Å². The molecule has 0 aliphatic heterocycles. The summed E-state index contributed by atoms with van der Waals surface area (Å²) in [7, 11) is 0. The molecule has 0 saturated heterocycles. The van der Waals surface area contributed by atoms with Crippen molar-refractivity contribution in [3.63, 3.8) is 0 Å². The van der Waals surface area contributed by atoms with E-state index in [4.69, 9.17) is 9.84 Å². The molecular formula is C28H22Br2O2. The van der Waals surface area contributed by atoms with Gasteiger partial charge in [0.05, 0.1) is 12.0 Å². The van der Waals surface area contributed by atoms with Gasteiger partial charge in [0.25, 0.3) is 0 Å². The third-order valence-electron chi connectivity index (χ3n) is 6.19. The number of hydrogen-bond donors (Lipinski definition) is 1. The van der Waals surface area contributed by atoms with E-state index in [0.29, 0.717) is 0 Å². The second kappa shape index (κ2) is 8.51. The van der Waals surface area contributed by atoms with Crippen LogP contribution >= 0.6 is 31.9 Å². The molecule has 5 rings (SSSR count). The van der Waals surface area contributed by atoms with Crippen LogP contribution < -0.4 is 4.74 Å². The van der Waals surface area contributed by atoms with Crippen LogP contribution in [0.15, 0.2) is 93.9 Å². The van der Waals surface area contributed by atoms with Gasteiger partial charge in [-0.3, -0.25) is 0 Å². The summed E-state index contributed by atoms with van der Waals surface area (Å²) in [6.07, 6.45) is 0. The van der Waals surface area contributed by atoms with Gasteiger partial charge in [-0.25, -0.2) is 0 Å². The highest BCUT2D eigenvalue weighted by Crippen LogP contribution is 2.57. The van der Waals surface area contributed by atoms with E-state index < -0.39 is 5.41 Å². The molecule has 2 nitrogen and oxygen atoms in total. The SMILES string of the molecule is Cc1ccc(C2(c3ccc(OCCO)cc3)c3cc(Br)ccc3-c3ccc(Br)cc32)cc1. The summed E-state index contributed by atoms with van der Waals surface area (Å²) >= 11 is 7.44. The van der Waals surface area contributed by atoms with Crippen molar-refractivity contribution >= 4 is 31.9 Å². The smallest absolute Gasteiger partial charge is 0.119 e. The summed E-state index contributed by atoms with van der Waals surface area (Å²) in [5, 5.41) is 9.10. The Morgan fingerprint density at radius 2 is 1.22 bits per heavy atom. The van der Waals surface area contributed by atoms with Crippen LogP contribution in [-0.4, -0.2) is 18.3 Å². The van der Waals surface area contributed by atoms with Crippen LogP contribution in [0.1, 0.15) is 27.8 Å². The van der Waals surface area contributed by atoms with Crippen molar-refractivity contribution in [3.05, 3.63) is 122 Å². The van der Waals surface area contributed by atoms with Crippen molar-refractivity contribution in [2.45, 2.75) is 12.3 Å². The normalized spacial score (nSPS) is 13.5. The van der Waals surface area contributed by atoms with Crippen LogP contribution in [0.4, 0.5) is 0 Å². The third-order valence-corrected chi connectivity index (χ3v) is 7.18. The Hall–Kier alpha value is -2.40. The van der Waals surface area contributed by atoms with Gasteiger partial charge >= 0.3 is 0 Å². The predicted octanol–water partition coefficient (Wildman–Crippen LogP) is 7.25. The number of benzene rings is 4. The molecule has 0 fully saturated rings. The van der Waals surface area contributed by atoms with Gasteiger partial charge in [0, 0.05) is 8.95 Å². The first-order valence-corrected chi connectivity index (χ1v) is 12.1. The minimum absolute atomic E-state index is 0.00212. The van der Waals surface area contributed by atoms with Crippen LogP contribution in [0, 0.1) is 6.92 Å². The maximum atomic E-state index is 9.10. The fourth-order valence-corrected chi connectivity index (χ4v) is 5.55. The molecule has 1 N–H and O–H groups in total. The Balaban J connectivity index is 1.84. The number of rotatable bonds is 5. The lowest BCUT2D eigenvalue weighted by Gasteiger charge is -2.34. The molecule has 0 saturated carbocycles. The van der Waals surface area contributed by atoms with Crippen molar-refractivity contribution < 1.29 is 9.84 Å². The van der Waals surface area contributed by atoms with Crippen LogP contribution in [0.3, 0.4) is 0 Å². The zero-order valence-electron chi connectivity index (χ0n) is 17.6. The number of fused-ring (bicyclic) bond motifs is 3. The Labute approximate surface area is 205 Å². The summed E-state index contributed by atoms with van der Waals surface area (Å²) in [5.41, 5.74) is 8.19. The maximum absolute atomic E-state index is 9.10. The number of aliphatic hydroxyl groups is 1. The molecule has 0 bridgehead atoms. The lowest BCUT2D eigenvalue weighted by Crippen LogP contribution is -2.28. The summed E-state index contributed by atoms with van der Waals surface area (Å²) in [6.45, 7) is 2.40. The first-order valence-electron chi connectivity index (χ1n) is 10.6. The van der Waals surface area contributed by atoms with Gasteiger partial charge in [-0.1, -0.05) is 86.0 Å².